The van der Waals surface area contributed by atoms with E-state index in [2.05, 4.69) is 38.2 Å². The highest BCUT2D eigenvalue weighted by Gasteiger charge is 2.08. The van der Waals surface area contributed by atoms with Gasteiger partial charge in [-0.05, 0) is 44.4 Å². The molecule has 1 heterocycles. The standard InChI is InChI=1S/C16H20NO2/c1-4-7-12-10-16(18)19-15-11-13(8-9-14(12)15)17(5-2)6-3/h7-11H,4-6H2,1-3H3. The zero-order chi connectivity index (χ0) is 13.8. The maximum Gasteiger partial charge on any atom is 0.336 e. The normalized spacial score (nSPS) is 10.9. The van der Waals surface area contributed by atoms with E-state index in [-0.39, 0.29) is 5.63 Å². The van der Waals surface area contributed by atoms with Crippen molar-refractivity contribution in [3.05, 3.63) is 46.7 Å². The van der Waals surface area contributed by atoms with Gasteiger partial charge < -0.3 is 9.32 Å². The van der Waals surface area contributed by atoms with E-state index in [1.165, 1.54) is 0 Å². The number of benzene rings is 1. The predicted molar refractivity (Wildman–Crippen MR) is 79.7 cm³/mol. The van der Waals surface area contributed by atoms with Crippen LogP contribution < -0.4 is 10.5 Å². The molecule has 0 atom stereocenters. The molecule has 2 rings (SSSR count). The van der Waals surface area contributed by atoms with E-state index in [0.29, 0.717) is 5.58 Å². The molecule has 0 saturated carbocycles. The second-order valence-electron chi connectivity index (χ2n) is 4.49. The van der Waals surface area contributed by atoms with Crippen molar-refractivity contribution in [1.29, 1.82) is 0 Å². The first-order chi connectivity index (χ1) is 9.19. The van der Waals surface area contributed by atoms with E-state index >= 15 is 0 Å². The number of anilines is 1. The minimum absolute atomic E-state index is 0.288. The molecule has 0 aliphatic heterocycles. The van der Waals surface area contributed by atoms with Gasteiger partial charge in [0.15, 0.2) is 0 Å². The Morgan fingerprint density at radius 1 is 1.16 bits per heavy atom. The molecule has 1 radical (unpaired) electrons. The van der Waals surface area contributed by atoms with Crippen molar-refractivity contribution in [1.82, 2.24) is 0 Å². The molecule has 1 aromatic heterocycles. The summed E-state index contributed by atoms with van der Waals surface area (Å²) in [5, 5.41) is 0.998. The fraction of sp³-hybridized carbons (Fsp3) is 0.375. The molecule has 0 bridgehead atoms. The summed E-state index contributed by atoms with van der Waals surface area (Å²) in [5.74, 6) is 0. The van der Waals surface area contributed by atoms with E-state index in [1.807, 2.05) is 12.1 Å². The molecule has 0 saturated heterocycles. The van der Waals surface area contributed by atoms with Gasteiger partial charge in [0.25, 0.3) is 0 Å². The molecule has 0 unspecified atom stereocenters. The molecule has 3 heteroatoms. The average molecular weight is 258 g/mol. The summed E-state index contributed by atoms with van der Waals surface area (Å²) in [7, 11) is 0. The van der Waals surface area contributed by atoms with Crippen LogP contribution in [0, 0.1) is 6.42 Å². The largest absolute Gasteiger partial charge is 0.423 e. The van der Waals surface area contributed by atoms with Crippen molar-refractivity contribution in [3.63, 3.8) is 0 Å². The highest BCUT2D eigenvalue weighted by Crippen LogP contribution is 2.24. The Morgan fingerprint density at radius 3 is 2.53 bits per heavy atom. The van der Waals surface area contributed by atoms with Crippen LogP contribution in [0.1, 0.15) is 32.8 Å². The van der Waals surface area contributed by atoms with Crippen LogP contribution in [0.5, 0.6) is 0 Å². The lowest BCUT2D eigenvalue weighted by atomic mass is 10.1. The van der Waals surface area contributed by atoms with Crippen LogP contribution in [0.25, 0.3) is 11.0 Å². The van der Waals surface area contributed by atoms with Crippen LogP contribution in [0.2, 0.25) is 0 Å². The maximum atomic E-state index is 11.6. The van der Waals surface area contributed by atoms with Crippen LogP contribution in [0.15, 0.2) is 33.5 Å². The lowest BCUT2D eigenvalue weighted by molar-refractivity contribution is 0.560. The van der Waals surface area contributed by atoms with Gasteiger partial charge in [0.05, 0.1) is 0 Å². The monoisotopic (exact) mass is 258 g/mol. The summed E-state index contributed by atoms with van der Waals surface area (Å²) in [6.45, 7) is 8.17. The van der Waals surface area contributed by atoms with Gasteiger partial charge in [-0.3, -0.25) is 0 Å². The predicted octanol–water partition coefficient (Wildman–Crippen LogP) is 3.60. The van der Waals surface area contributed by atoms with Gasteiger partial charge in [-0.15, -0.1) is 0 Å². The Morgan fingerprint density at radius 2 is 1.89 bits per heavy atom. The molecular weight excluding hydrogens is 238 g/mol. The Bertz CT molecular complexity index is 612. The van der Waals surface area contributed by atoms with Gasteiger partial charge in [0, 0.05) is 36.3 Å². The first kappa shape index (κ1) is 13.7. The number of hydrogen-bond acceptors (Lipinski definition) is 3. The molecule has 3 nitrogen and oxygen atoms in total. The molecule has 1 aromatic carbocycles. The summed E-state index contributed by atoms with van der Waals surface area (Å²) >= 11 is 0. The summed E-state index contributed by atoms with van der Waals surface area (Å²) in [6, 6.07) is 7.63. The summed E-state index contributed by atoms with van der Waals surface area (Å²) < 4.78 is 5.33. The maximum absolute atomic E-state index is 11.6. The van der Waals surface area contributed by atoms with Gasteiger partial charge in [0.2, 0.25) is 0 Å². The van der Waals surface area contributed by atoms with Crippen molar-refractivity contribution in [2.75, 3.05) is 18.0 Å². The Kier molecular flexibility index (Phi) is 4.25. The first-order valence-corrected chi connectivity index (χ1v) is 6.85. The number of hydrogen-bond donors (Lipinski definition) is 0. The summed E-state index contributed by atoms with van der Waals surface area (Å²) in [4.78, 5) is 13.8. The molecule has 19 heavy (non-hydrogen) atoms. The molecule has 0 aliphatic rings. The molecule has 0 amide bonds. The Hall–Kier alpha value is -1.77. The minimum Gasteiger partial charge on any atom is -0.423 e. The van der Waals surface area contributed by atoms with Crippen molar-refractivity contribution in [2.45, 2.75) is 27.2 Å². The van der Waals surface area contributed by atoms with E-state index < -0.39 is 0 Å². The second-order valence-corrected chi connectivity index (χ2v) is 4.49. The van der Waals surface area contributed by atoms with Crippen LogP contribution in [0.3, 0.4) is 0 Å². The van der Waals surface area contributed by atoms with Gasteiger partial charge >= 0.3 is 5.63 Å². The second kappa shape index (κ2) is 5.91. The third-order valence-corrected chi connectivity index (χ3v) is 3.31. The van der Waals surface area contributed by atoms with E-state index in [0.717, 1.165) is 36.1 Å². The van der Waals surface area contributed by atoms with Crippen LogP contribution in [0.4, 0.5) is 5.69 Å². The minimum atomic E-state index is -0.288. The zero-order valence-corrected chi connectivity index (χ0v) is 11.8. The third kappa shape index (κ3) is 2.80. The van der Waals surface area contributed by atoms with E-state index in [9.17, 15) is 4.79 Å². The topological polar surface area (TPSA) is 33.5 Å². The fourth-order valence-electron chi connectivity index (χ4n) is 2.35. The van der Waals surface area contributed by atoms with Crippen molar-refractivity contribution in [2.24, 2.45) is 0 Å². The Labute approximate surface area is 113 Å². The van der Waals surface area contributed by atoms with Gasteiger partial charge in [0.1, 0.15) is 5.58 Å². The van der Waals surface area contributed by atoms with Crippen LogP contribution in [-0.4, -0.2) is 13.1 Å². The Balaban J connectivity index is 2.57. The first-order valence-electron chi connectivity index (χ1n) is 6.85. The summed E-state index contributed by atoms with van der Waals surface area (Å²) in [5.41, 5.74) is 2.43. The number of fused-ring (bicyclic) bond motifs is 1. The highest BCUT2D eigenvalue weighted by molar-refractivity contribution is 5.84. The number of rotatable bonds is 5. The van der Waals surface area contributed by atoms with Crippen molar-refractivity contribution >= 4 is 16.7 Å². The molecule has 0 N–H and O–H groups in total. The zero-order valence-electron chi connectivity index (χ0n) is 11.8. The molecular formula is C16H20NO2. The van der Waals surface area contributed by atoms with Gasteiger partial charge in [-0.25, -0.2) is 4.79 Å². The molecule has 2 aromatic rings. The van der Waals surface area contributed by atoms with Crippen molar-refractivity contribution < 1.29 is 4.42 Å². The van der Waals surface area contributed by atoms with Gasteiger partial charge in [-0.2, -0.15) is 0 Å². The number of nitrogens with zero attached hydrogens (tertiary/aromatic N) is 1. The summed E-state index contributed by atoms with van der Waals surface area (Å²) in [6.07, 6.45) is 2.95. The average Bonchev–Trinajstić information content (AvgIpc) is 2.40. The van der Waals surface area contributed by atoms with E-state index in [4.69, 9.17) is 4.42 Å². The third-order valence-electron chi connectivity index (χ3n) is 3.31. The molecule has 0 aliphatic carbocycles. The quantitative estimate of drug-likeness (QED) is 0.768. The van der Waals surface area contributed by atoms with Crippen LogP contribution in [-0.2, 0) is 0 Å². The lowest BCUT2D eigenvalue weighted by Crippen LogP contribution is -2.21. The molecule has 101 valence electrons. The lowest BCUT2D eigenvalue weighted by Gasteiger charge is -2.21. The fourth-order valence-corrected chi connectivity index (χ4v) is 2.35. The van der Waals surface area contributed by atoms with Crippen LogP contribution >= 0.6 is 0 Å². The SMILES string of the molecule is CC[CH]c1cc(=O)oc2cc(N(CC)CC)ccc12. The molecule has 0 fully saturated rings. The smallest absolute Gasteiger partial charge is 0.336 e. The van der Waals surface area contributed by atoms with Crippen molar-refractivity contribution in [3.8, 4) is 0 Å². The van der Waals surface area contributed by atoms with Gasteiger partial charge in [-0.1, -0.05) is 6.92 Å². The molecule has 0 spiro atoms. The van der Waals surface area contributed by atoms with E-state index in [1.54, 1.807) is 6.07 Å². The highest BCUT2D eigenvalue weighted by atomic mass is 16.4.